The lowest BCUT2D eigenvalue weighted by atomic mass is 9.84. The highest BCUT2D eigenvalue weighted by molar-refractivity contribution is 5.33. The molecule has 1 aliphatic rings. The highest BCUT2D eigenvalue weighted by Gasteiger charge is 2.19. The average Bonchev–Trinajstić information content (AvgIpc) is 3.08. The maximum absolute atomic E-state index is 4.14. The molecule has 2 atom stereocenters. The summed E-state index contributed by atoms with van der Waals surface area (Å²) in [5, 5.41) is 7.86. The lowest BCUT2D eigenvalue weighted by molar-refractivity contribution is 0.278. The molecule has 1 saturated carbocycles. The van der Waals surface area contributed by atoms with Gasteiger partial charge in [-0.05, 0) is 36.5 Å². The van der Waals surface area contributed by atoms with Crippen LogP contribution in [0.4, 0.5) is 0 Å². The predicted octanol–water partition coefficient (Wildman–Crippen LogP) is 3.33. The Labute approximate surface area is 126 Å². The number of nitrogens with zero attached hydrogens (tertiary/aromatic N) is 3. The van der Waals surface area contributed by atoms with Gasteiger partial charge in [-0.15, -0.1) is 0 Å². The molecule has 21 heavy (non-hydrogen) atoms. The quantitative estimate of drug-likeness (QED) is 0.916. The highest BCUT2D eigenvalue weighted by atomic mass is 15.3. The maximum atomic E-state index is 4.14. The van der Waals surface area contributed by atoms with Crippen molar-refractivity contribution in [1.82, 2.24) is 20.1 Å². The molecule has 4 heteroatoms. The van der Waals surface area contributed by atoms with Gasteiger partial charge >= 0.3 is 0 Å². The fourth-order valence-corrected chi connectivity index (χ4v) is 3.22. The van der Waals surface area contributed by atoms with Gasteiger partial charge in [-0.1, -0.05) is 38.3 Å². The summed E-state index contributed by atoms with van der Waals surface area (Å²) in [5.74, 6) is 0.922. The third-order valence-corrected chi connectivity index (χ3v) is 4.57. The second-order valence-electron chi connectivity index (χ2n) is 6.03. The molecule has 1 aliphatic carbocycles. The van der Waals surface area contributed by atoms with Gasteiger partial charge in [-0.2, -0.15) is 5.10 Å². The molecule has 0 saturated heterocycles. The van der Waals surface area contributed by atoms with E-state index in [9.17, 15) is 0 Å². The Hall–Kier alpha value is -1.68. The van der Waals surface area contributed by atoms with Crippen LogP contribution in [0.5, 0.6) is 0 Å². The molecule has 0 radical (unpaired) electrons. The lowest BCUT2D eigenvalue weighted by Gasteiger charge is -2.29. The van der Waals surface area contributed by atoms with Crippen molar-refractivity contribution in [1.29, 1.82) is 0 Å². The molecule has 3 rings (SSSR count). The van der Waals surface area contributed by atoms with Crippen molar-refractivity contribution >= 4 is 0 Å². The third-order valence-electron chi connectivity index (χ3n) is 4.57. The van der Waals surface area contributed by atoms with Gasteiger partial charge in [0.25, 0.3) is 0 Å². The van der Waals surface area contributed by atoms with E-state index in [1.54, 1.807) is 17.3 Å². The van der Waals surface area contributed by atoms with Crippen molar-refractivity contribution in [3.63, 3.8) is 0 Å². The molecule has 1 N–H and O–H groups in total. The fraction of sp³-hybridized carbons (Fsp3) is 0.529. The van der Waals surface area contributed by atoms with Crippen molar-refractivity contribution in [2.45, 2.75) is 51.6 Å². The zero-order valence-corrected chi connectivity index (χ0v) is 12.7. The van der Waals surface area contributed by atoms with Gasteiger partial charge in [0, 0.05) is 12.6 Å². The third kappa shape index (κ3) is 3.70. The highest BCUT2D eigenvalue weighted by Crippen LogP contribution is 2.26. The Balaban J connectivity index is 1.53. The van der Waals surface area contributed by atoms with E-state index >= 15 is 0 Å². The minimum absolute atomic E-state index is 0.693. The van der Waals surface area contributed by atoms with Crippen LogP contribution in [0.3, 0.4) is 0 Å². The van der Waals surface area contributed by atoms with E-state index in [0.29, 0.717) is 6.04 Å². The zero-order chi connectivity index (χ0) is 14.5. The van der Waals surface area contributed by atoms with Crippen LogP contribution in [0.2, 0.25) is 0 Å². The standard InChI is InChI=1S/C17H24N4/c1-2-14-4-3-5-16(10-14)19-11-15-6-8-17(9-7-15)21-13-18-12-20-21/h6-9,12-14,16,19H,2-5,10-11H2,1H3/t14-,16+/m0/s1. The van der Waals surface area contributed by atoms with E-state index in [1.807, 2.05) is 0 Å². The Bertz CT molecular complexity index is 532. The normalized spacial score (nSPS) is 22.3. The first-order chi connectivity index (χ1) is 10.3. The summed E-state index contributed by atoms with van der Waals surface area (Å²) in [6.07, 6.45) is 10.1. The molecule has 0 aliphatic heterocycles. The molecule has 0 amide bonds. The van der Waals surface area contributed by atoms with Crippen LogP contribution in [-0.2, 0) is 6.54 Å². The molecule has 2 aromatic rings. The Morgan fingerprint density at radius 3 is 2.81 bits per heavy atom. The van der Waals surface area contributed by atoms with Crippen molar-refractivity contribution < 1.29 is 0 Å². The molecule has 0 unspecified atom stereocenters. The fourth-order valence-electron chi connectivity index (χ4n) is 3.22. The van der Waals surface area contributed by atoms with Crippen LogP contribution >= 0.6 is 0 Å². The number of hydrogen-bond donors (Lipinski definition) is 1. The van der Waals surface area contributed by atoms with Crippen molar-refractivity contribution in [2.75, 3.05) is 0 Å². The molecule has 1 heterocycles. The summed E-state index contributed by atoms with van der Waals surface area (Å²) in [4.78, 5) is 3.97. The van der Waals surface area contributed by atoms with Gasteiger partial charge in [0.05, 0.1) is 5.69 Å². The topological polar surface area (TPSA) is 42.7 Å². The van der Waals surface area contributed by atoms with Crippen LogP contribution in [-0.4, -0.2) is 20.8 Å². The smallest absolute Gasteiger partial charge is 0.138 e. The first-order valence-corrected chi connectivity index (χ1v) is 8.02. The minimum atomic E-state index is 0.693. The molecule has 0 spiro atoms. The molecule has 112 valence electrons. The van der Waals surface area contributed by atoms with Crippen LogP contribution in [0, 0.1) is 5.92 Å². The molecular weight excluding hydrogens is 260 g/mol. The molecular formula is C17H24N4. The summed E-state index contributed by atoms with van der Waals surface area (Å²) in [6.45, 7) is 3.27. The van der Waals surface area contributed by atoms with Crippen LogP contribution < -0.4 is 5.32 Å². The lowest BCUT2D eigenvalue weighted by Crippen LogP contribution is -2.33. The summed E-state index contributed by atoms with van der Waals surface area (Å²) >= 11 is 0. The molecule has 0 bridgehead atoms. The first-order valence-electron chi connectivity index (χ1n) is 8.02. The van der Waals surface area contributed by atoms with Crippen LogP contribution in [0.25, 0.3) is 5.69 Å². The van der Waals surface area contributed by atoms with E-state index in [-0.39, 0.29) is 0 Å². The van der Waals surface area contributed by atoms with Crippen molar-refractivity contribution in [3.8, 4) is 5.69 Å². The number of benzene rings is 1. The zero-order valence-electron chi connectivity index (χ0n) is 12.7. The van der Waals surface area contributed by atoms with Crippen molar-refractivity contribution in [3.05, 3.63) is 42.5 Å². The van der Waals surface area contributed by atoms with Crippen LogP contribution in [0.15, 0.2) is 36.9 Å². The SMILES string of the molecule is CC[C@H]1CCC[C@@H](NCc2ccc(-n3cncn3)cc2)C1. The molecule has 1 fully saturated rings. The molecule has 1 aromatic carbocycles. The summed E-state index contributed by atoms with van der Waals surface area (Å²) in [7, 11) is 0. The number of rotatable bonds is 5. The second kappa shape index (κ2) is 6.85. The molecule has 4 nitrogen and oxygen atoms in total. The van der Waals surface area contributed by atoms with Gasteiger partial charge in [0.15, 0.2) is 0 Å². The minimum Gasteiger partial charge on any atom is -0.310 e. The summed E-state index contributed by atoms with van der Waals surface area (Å²) in [5.41, 5.74) is 2.39. The van der Waals surface area contributed by atoms with E-state index in [2.05, 4.69) is 46.6 Å². The maximum Gasteiger partial charge on any atom is 0.138 e. The average molecular weight is 284 g/mol. The van der Waals surface area contributed by atoms with E-state index < -0.39 is 0 Å². The summed E-state index contributed by atoms with van der Waals surface area (Å²) < 4.78 is 1.78. The molecule has 1 aromatic heterocycles. The largest absolute Gasteiger partial charge is 0.310 e. The van der Waals surface area contributed by atoms with Gasteiger partial charge in [-0.3, -0.25) is 0 Å². The van der Waals surface area contributed by atoms with Crippen molar-refractivity contribution in [2.24, 2.45) is 5.92 Å². The second-order valence-corrected chi connectivity index (χ2v) is 6.03. The Morgan fingerprint density at radius 1 is 1.24 bits per heavy atom. The Kier molecular flexibility index (Phi) is 4.65. The van der Waals surface area contributed by atoms with Gasteiger partial charge in [0.1, 0.15) is 12.7 Å². The Morgan fingerprint density at radius 2 is 2.10 bits per heavy atom. The van der Waals surface area contributed by atoms with E-state index in [0.717, 1.165) is 18.2 Å². The van der Waals surface area contributed by atoms with Crippen LogP contribution in [0.1, 0.15) is 44.6 Å². The number of nitrogens with one attached hydrogen (secondary N) is 1. The number of hydrogen-bond acceptors (Lipinski definition) is 3. The summed E-state index contributed by atoms with van der Waals surface area (Å²) in [6, 6.07) is 9.23. The van der Waals surface area contributed by atoms with E-state index in [1.165, 1.54) is 37.7 Å². The number of aromatic nitrogens is 3. The predicted molar refractivity (Wildman–Crippen MR) is 84.2 cm³/mol. The van der Waals surface area contributed by atoms with Gasteiger partial charge in [0.2, 0.25) is 0 Å². The van der Waals surface area contributed by atoms with Gasteiger partial charge in [-0.25, -0.2) is 9.67 Å². The first kappa shape index (κ1) is 14.3. The van der Waals surface area contributed by atoms with E-state index in [4.69, 9.17) is 0 Å². The van der Waals surface area contributed by atoms with Gasteiger partial charge < -0.3 is 5.32 Å². The monoisotopic (exact) mass is 284 g/mol.